The van der Waals surface area contributed by atoms with Crippen LogP contribution < -0.4 is 4.74 Å². The molecule has 1 heterocycles. The van der Waals surface area contributed by atoms with E-state index in [9.17, 15) is 13.6 Å². The molecule has 1 aromatic carbocycles. The molecule has 0 bridgehead atoms. The van der Waals surface area contributed by atoms with Crippen LogP contribution in [0.1, 0.15) is 70.3 Å². The first-order chi connectivity index (χ1) is 13.0. The van der Waals surface area contributed by atoms with Gasteiger partial charge in [-0.1, -0.05) is 38.7 Å². The lowest BCUT2D eigenvalue weighted by Gasteiger charge is -2.37. The van der Waals surface area contributed by atoms with E-state index in [1.807, 2.05) is 0 Å². The van der Waals surface area contributed by atoms with Crippen molar-refractivity contribution in [3.05, 3.63) is 29.3 Å². The number of hydrogen-bond acceptors (Lipinski definition) is 3. The largest absolute Gasteiger partial charge is 0.491 e. The second kappa shape index (κ2) is 9.13. The molecule has 5 heteroatoms. The average Bonchev–Trinajstić information content (AvgIpc) is 2.67. The summed E-state index contributed by atoms with van der Waals surface area (Å²) in [6.07, 6.45) is 7.32. The van der Waals surface area contributed by atoms with Crippen molar-refractivity contribution in [2.24, 2.45) is 11.8 Å². The minimum Gasteiger partial charge on any atom is -0.491 e. The first-order valence-electron chi connectivity index (χ1n) is 10.3. The highest BCUT2D eigenvalue weighted by atomic mass is 19.2. The van der Waals surface area contributed by atoms with Crippen LogP contribution >= 0.6 is 0 Å². The first kappa shape index (κ1) is 20.2. The normalized spacial score (nSPS) is 29.0. The number of hydrogen-bond donors (Lipinski definition) is 0. The molecule has 3 nitrogen and oxygen atoms in total. The molecule has 27 heavy (non-hydrogen) atoms. The number of Topliss-reactive ketones (excluding diaryl/α,β-unsaturated/α-hetero) is 1. The van der Waals surface area contributed by atoms with Crippen molar-refractivity contribution in [2.45, 2.75) is 70.8 Å². The molecule has 0 amide bonds. The van der Waals surface area contributed by atoms with Gasteiger partial charge in [0, 0.05) is 12.0 Å². The Morgan fingerprint density at radius 3 is 2.48 bits per heavy atom. The Labute approximate surface area is 160 Å². The zero-order valence-corrected chi connectivity index (χ0v) is 16.3. The number of rotatable bonds is 6. The summed E-state index contributed by atoms with van der Waals surface area (Å²) in [5, 5.41) is 0. The molecule has 3 rings (SSSR count). The van der Waals surface area contributed by atoms with E-state index in [2.05, 4.69) is 6.92 Å². The number of ketones is 1. The Kier molecular flexibility index (Phi) is 6.85. The fourth-order valence-corrected chi connectivity index (χ4v) is 4.62. The summed E-state index contributed by atoms with van der Waals surface area (Å²) in [6.45, 7) is 4.31. The van der Waals surface area contributed by atoms with Crippen molar-refractivity contribution >= 4 is 5.78 Å². The van der Waals surface area contributed by atoms with Crippen LogP contribution in [0.25, 0.3) is 0 Å². The van der Waals surface area contributed by atoms with Crippen molar-refractivity contribution in [1.82, 2.24) is 0 Å². The minimum absolute atomic E-state index is 0.0515. The van der Waals surface area contributed by atoms with Crippen LogP contribution in [0, 0.1) is 23.5 Å². The van der Waals surface area contributed by atoms with Crippen LogP contribution in [0.3, 0.4) is 0 Å². The van der Waals surface area contributed by atoms with Crippen LogP contribution in [-0.2, 0) is 9.53 Å². The highest BCUT2D eigenvalue weighted by molar-refractivity contribution is 5.87. The maximum absolute atomic E-state index is 14.4. The van der Waals surface area contributed by atoms with E-state index in [0.717, 1.165) is 18.8 Å². The fourth-order valence-electron chi connectivity index (χ4n) is 4.62. The highest BCUT2D eigenvalue weighted by Crippen LogP contribution is 2.39. The molecule has 0 radical (unpaired) electrons. The van der Waals surface area contributed by atoms with Gasteiger partial charge in [-0.25, -0.2) is 4.39 Å². The summed E-state index contributed by atoms with van der Waals surface area (Å²) in [5.74, 6) is -1.72. The van der Waals surface area contributed by atoms with Gasteiger partial charge in [-0.2, -0.15) is 4.39 Å². The minimum atomic E-state index is -1.03. The lowest BCUT2D eigenvalue weighted by Crippen LogP contribution is -2.38. The molecular weight excluding hydrogens is 350 g/mol. The van der Waals surface area contributed by atoms with Gasteiger partial charge >= 0.3 is 0 Å². The summed E-state index contributed by atoms with van der Waals surface area (Å²) in [4.78, 5) is 12.7. The van der Waals surface area contributed by atoms with Crippen molar-refractivity contribution < 1.29 is 23.0 Å². The third kappa shape index (κ3) is 4.50. The van der Waals surface area contributed by atoms with E-state index in [1.165, 1.54) is 37.8 Å². The van der Waals surface area contributed by atoms with Crippen LogP contribution in [0.5, 0.6) is 5.75 Å². The van der Waals surface area contributed by atoms with Gasteiger partial charge in [-0.05, 0) is 37.7 Å². The fraction of sp³-hybridized carbons (Fsp3) is 0.682. The van der Waals surface area contributed by atoms with Crippen LogP contribution in [0.4, 0.5) is 8.78 Å². The van der Waals surface area contributed by atoms with Gasteiger partial charge in [-0.3, -0.25) is 4.79 Å². The van der Waals surface area contributed by atoms with E-state index < -0.39 is 17.6 Å². The van der Waals surface area contributed by atoms with Gasteiger partial charge in [0.1, 0.15) is 5.78 Å². The van der Waals surface area contributed by atoms with E-state index in [-0.39, 0.29) is 36.4 Å². The first-order valence-corrected chi connectivity index (χ1v) is 10.3. The van der Waals surface area contributed by atoms with Crippen molar-refractivity contribution in [3.63, 3.8) is 0 Å². The summed E-state index contributed by atoms with van der Waals surface area (Å²) in [7, 11) is 0. The maximum Gasteiger partial charge on any atom is 0.200 e. The summed E-state index contributed by atoms with van der Waals surface area (Å²) < 4.78 is 39.7. The molecule has 1 aliphatic carbocycles. The molecule has 1 saturated carbocycles. The van der Waals surface area contributed by atoms with Gasteiger partial charge in [0.05, 0.1) is 25.2 Å². The van der Waals surface area contributed by atoms with Crippen LogP contribution in [0.2, 0.25) is 0 Å². The van der Waals surface area contributed by atoms with E-state index in [4.69, 9.17) is 9.47 Å². The summed E-state index contributed by atoms with van der Waals surface area (Å²) >= 11 is 0. The molecule has 1 aromatic rings. The lowest BCUT2D eigenvalue weighted by atomic mass is 9.75. The number of halogens is 2. The SMILES string of the molecule is CCCC1CCC([C@H]2CC(=O)[C@@H](c3ccc(OCC)c(F)c3F)CO2)CC1. The Hall–Kier alpha value is -1.49. The van der Waals surface area contributed by atoms with E-state index >= 15 is 0 Å². The number of benzene rings is 1. The van der Waals surface area contributed by atoms with Gasteiger partial charge in [0.25, 0.3) is 0 Å². The average molecular weight is 380 g/mol. The van der Waals surface area contributed by atoms with Gasteiger partial charge in [0.15, 0.2) is 11.6 Å². The molecule has 0 unspecified atom stereocenters. The molecule has 150 valence electrons. The topological polar surface area (TPSA) is 35.5 Å². The van der Waals surface area contributed by atoms with Crippen LogP contribution in [-0.4, -0.2) is 25.1 Å². The predicted octanol–water partition coefficient (Wildman–Crippen LogP) is 5.41. The summed E-state index contributed by atoms with van der Waals surface area (Å²) in [6, 6.07) is 2.84. The standard InChI is InChI=1S/C22H30F2O3/c1-3-5-14-6-8-15(9-7-14)20-12-18(25)17(13-27-20)16-10-11-19(26-4-2)22(24)21(16)23/h10-11,14-15,17,20H,3-9,12-13H2,1-2H3/t14?,15?,17-,20-/m1/s1. The Bertz CT molecular complexity index is 653. The molecule has 2 aliphatic rings. The van der Waals surface area contributed by atoms with Crippen molar-refractivity contribution in [1.29, 1.82) is 0 Å². The molecule has 2 atom stereocenters. The molecular formula is C22H30F2O3. The smallest absolute Gasteiger partial charge is 0.200 e. The van der Waals surface area contributed by atoms with Crippen molar-refractivity contribution in [3.8, 4) is 5.75 Å². The molecule has 2 fully saturated rings. The zero-order valence-electron chi connectivity index (χ0n) is 16.3. The Morgan fingerprint density at radius 1 is 1.11 bits per heavy atom. The Morgan fingerprint density at radius 2 is 1.85 bits per heavy atom. The molecule has 0 aromatic heterocycles. The zero-order chi connectivity index (χ0) is 19.4. The molecule has 0 spiro atoms. The number of carbonyl (C=O) groups is 1. The van der Waals surface area contributed by atoms with E-state index in [0.29, 0.717) is 12.3 Å². The molecule has 1 saturated heterocycles. The maximum atomic E-state index is 14.4. The summed E-state index contributed by atoms with van der Waals surface area (Å²) in [5.41, 5.74) is 0.0751. The quantitative estimate of drug-likeness (QED) is 0.662. The van der Waals surface area contributed by atoms with E-state index in [1.54, 1.807) is 6.92 Å². The predicted molar refractivity (Wildman–Crippen MR) is 100.0 cm³/mol. The molecule has 1 aliphatic heterocycles. The second-order valence-electron chi connectivity index (χ2n) is 7.88. The number of ether oxygens (including phenoxy) is 2. The van der Waals surface area contributed by atoms with Crippen LogP contribution in [0.15, 0.2) is 12.1 Å². The van der Waals surface area contributed by atoms with Gasteiger partial charge in [-0.15, -0.1) is 0 Å². The number of carbonyl (C=O) groups excluding carboxylic acids is 1. The van der Waals surface area contributed by atoms with Gasteiger partial charge in [0.2, 0.25) is 5.82 Å². The highest BCUT2D eigenvalue weighted by Gasteiger charge is 2.37. The monoisotopic (exact) mass is 380 g/mol. The van der Waals surface area contributed by atoms with Gasteiger partial charge < -0.3 is 9.47 Å². The second-order valence-corrected chi connectivity index (χ2v) is 7.88. The molecule has 0 N–H and O–H groups in total. The lowest BCUT2D eigenvalue weighted by molar-refractivity contribution is -0.135. The van der Waals surface area contributed by atoms with Crippen molar-refractivity contribution in [2.75, 3.05) is 13.2 Å². The third-order valence-corrected chi connectivity index (χ3v) is 6.13. The third-order valence-electron chi connectivity index (χ3n) is 6.13. The Balaban J connectivity index is 1.63.